The van der Waals surface area contributed by atoms with Crippen LogP contribution >= 0.6 is 0 Å². The SMILES string of the molecule is CC=CCCC(=O)C(C)(C)[C@@H]1CCOC(C)(C)O1. The third kappa shape index (κ3) is 3.92. The minimum Gasteiger partial charge on any atom is -0.350 e. The Bertz CT molecular complexity index is 316. The molecule has 0 spiro atoms. The van der Waals surface area contributed by atoms with Gasteiger partial charge in [-0.25, -0.2) is 0 Å². The van der Waals surface area contributed by atoms with E-state index in [0.29, 0.717) is 13.0 Å². The second-order valence-corrected chi connectivity index (χ2v) is 5.90. The summed E-state index contributed by atoms with van der Waals surface area (Å²) >= 11 is 0. The second-order valence-electron chi connectivity index (χ2n) is 5.90. The molecule has 3 heteroatoms. The van der Waals surface area contributed by atoms with Crippen molar-refractivity contribution in [3.05, 3.63) is 12.2 Å². The molecule has 1 saturated heterocycles. The van der Waals surface area contributed by atoms with Crippen LogP contribution in [0.4, 0.5) is 0 Å². The van der Waals surface area contributed by atoms with Crippen LogP contribution < -0.4 is 0 Å². The first-order valence-corrected chi connectivity index (χ1v) is 6.76. The molecule has 0 aliphatic carbocycles. The number of carbonyl (C=O) groups excluding carboxylic acids is 1. The van der Waals surface area contributed by atoms with Gasteiger partial charge in [0.05, 0.1) is 12.7 Å². The average molecular weight is 254 g/mol. The van der Waals surface area contributed by atoms with E-state index in [1.54, 1.807) is 0 Å². The van der Waals surface area contributed by atoms with Crippen molar-refractivity contribution in [2.45, 2.75) is 65.8 Å². The molecule has 0 amide bonds. The van der Waals surface area contributed by atoms with Crippen LogP contribution in [0, 0.1) is 5.41 Å². The minimum absolute atomic E-state index is 0.0562. The third-order valence-corrected chi connectivity index (χ3v) is 3.55. The minimum atomic E-state index is -0.580. The van der Waals surface area contributed by atoms with Crippen LogP contribution in [0.5, 0.6) is 0 Å². The molecule has 1 fully saturated rings. The zero-order valence-electron chi connectivity index (χ0n) is 12.3. The Balaban J connectivity index is 2.63. The summed E-state index contributed by atoms with van der Waals surface area (Å²) in [5.41, 5.74) is -0.442. The van der Waals surface area contributed by atoms with Gasteiger partial charge in [-0.1, -0.05) is 26.0 Å². The summed E-state index contributed by atoms with van der Waals surface area (Å²) in [4.78, 5) is 12.3. The number of allylic oxidation sites excluding steroid dienone is 2. The maximum Gasteiger partial charge on any atom is 0.163 e. The van der Waals surface area contributed by atoms with Crippen LogP contribution in [0.25, 0.3) is 0 Å². The van der Waals surface area contributed by atoms with Crippen molar-refractivity contribution in [3.63, 3.8) is 0 Å². The smallest absolute Gasteiger partial charge is 0.163 e. The summed E-state index contributed by atoms with van der Waals surface area (Å²) in [7, 11) is 0. The van der Waals surface area contributed by atoms with Gasteiger partial charge in [-0.15, -0.1) is 0 Å². The molecular formula is C15H26O3. The maximum absolute atomic E-state index is 12.3. The van der Waals surface area contributed by atoms with Crippen LogP contribution in [-0.2, 0) is 14.3 Å². The molecule has 0 aromatic rings. The van der Waals surface area contributed by atoms with E-state index in [9.17, 15) is 4.79 Å². The number of carbonyl (C=O) groups is 1. The van der Waals surface area contributed by atoms with Gasteiger partial charge in [-0.3, -0.25) is 4.79 Å². The maximum atomic E-state index is 12.3. The Labute approximate surface area is 111 Å². The van der Waals surface area contributed by atoms with Crippen molar-refractivity contribution < 1.29 is 14.3 Å². The molecule has 0 aromatic heterocycles. The molecule has 1 heterocycles. The normalized spacial score (nSPS) is 24.4. The van der Waals surface area contributed by atoms with Gasteiger partial charge in [0.25, 0.3) is 0 Å². The van der Waals surface area contributed by atoms with Gasteiger partial charge in [-0.05, 0) is 33.6 Å². The Morgan fingerprint density at radius 3 is 2.67 bits per heavy atom. The molecule has 1 aliphatic heterocycles. The van der Waals surface area contributed by atoms with Crippen molar-refractivity contribution in [3.8, 4) is 0 Å². The quantitative estimate of drug-likeness (QED) is 0.705. The van der Waals surface area contributed by atoms with E-state index in [-0.39, 0.29) is 11.9 Å². The molecule has 0 unspecified atom stereocenters. The van der Waals surface area contributed by atoms with Crippen molar-refractivity contribution in [2.75, 3.05) is 6.61 Å². The highest BCUT2D eigenvalue weighted by molar-refractivity contribution is 5.84. The Hall–Kier alpha value is -0.670. The molecule has 0 aromatic carbocycles. The van der Waals surface area contributed by atoms with Gasteiger partial charge in [0.2, 0.25) is 0 Å². The zero-order chi connectivity index (χ0) is 13.8. The van der Waals surface area contributed by atoms with Crippen LogP contribution in [0.1, 0.15) is 53.9 Å². The van der Waals surface area contributed by atoms with E-state index in [2.05, 4.69) is 0 Å². The van der Waals surface area contributed by atoms with Crippen LogP contribution in [0.2, 0.25) is 0 Å². The van der Waals surface area contributed by atoms with Crippen molar-refractivity contribution in [1.82, 2.24) is 0 Å². The first kappa shape index (κ1) is 15.4. The molecule has 1 aliphatic rings. The third-order valence-electron chi connectivity index (χ3n) is 3.55. The van der Waals surface area contributed by atoms with E-state index in [0.717, 1.165) is 12.8 Å². The topological polar surface area (TPSA) is 35.5 Å². The number of ether oxygens (including phenoxy) is 2. The van der Waals surface area contributed by atoms with E-state index in [1.807, 2.05) is 46.8 Å². The largest absolute Gasteiger partial charge is 0.350 e. The van der Waals surface area contributed by atoms with Crippen LogP contribution in [-0.4, -0.2) is 24.3 Å². The number of rotatable bonds is 5. The van der Waals surface area contributed by atoms with Gasteiger partial charge >= 0.3 is 0 Å². The second kappa shape index (κ2) is 5.98. The lowest BCUT2D eigenvalue weighted by Gasteiger charge is -2.42. The summed E-state index contributed by atoms with van der Waals surface area (Å²) in [6.07, 6.45) is 6.13. The van der Waals surface area contributed by atoms with E-state index in [1.165, 1.54) is 0 Å². The van der Waals surface area contributed by atoms with Gasteiger partial charge in [0, 0.05) is 11.8 Å². The highest BCUT2D eigenvalue weighted by Gasteiger charge is 2.42. The molecule has 18 heavy (non-hydrogen) atoms. The standard InChI is InChI=1S/C15H26O3/c1-6-7-8-9-12(16)14(2,3)13-10-11-17-15(4,5)18-13/h6-7,13H,8-11H2,1-5H3/t13-/m0/s1. The predicted octanol–water partition coefficient (Wildman–Crippen LogP) is 3.48. The Morgan fingerprint density at radius 1 is 1.44 bits per heavy atom. The first-order valence-electron chi connectivity index (χ1n) is 6.76. The van der Waals surface area contributed by atoms with Crippen LogP contribution in [0.3, 0.4) is 0 Å². The summed E-state index contributed by atoms with van der Waals surface area (Å²) < 4.78 is 11.4. The Morgan fingerprint density at radius 2 is 2.11 bits per heavy atom. The van der Waals surface area contributed by atoms with Crippen LogP contribution in [0.15, 0.2) is 12.2 Å². The summed E-state index contributed by atoms with van der Waals surface area (Å²) in [6.45, 7) is 10.4. The summed E-state index contributed by atoms with van der Waals surface area (Å²) in [5, 5.41) is 0. The van der Waals surface area contributed by atoms with Crippen molar-refractivity contribution >= 4 is 5.78 Å². The lowest BCUT2D eigenvalue weighted by Crippen LogP contribution is -2.49. The molecule has 0 saturated carbocycles. The van der Waals surface area contributed by atoms with Crippen molar-refractivity contribution in [2.24, 2.45) is 5.41 Å². The van der Waals surface area contributed by atoms with E-state index in [4.69, 9.17) is 9.47 Å². The molecule has 1 atom stereocenters. The van der Waals surface area contributed by atoms with E-state index >= 15 is 0 Å². The molecule has 0 bridgehead atoms. The number of Topliss-reactive ketones (excluding diaryl/α,β-unsaturated/α-hetero) is 1. The van der Waals surface area contributed by atoms with Gasteiger partial charge in [0.1, 0.15) is 5.78 Å². The monoisotopic (exact) mass is 254 g/mol. The fourth-order valence-corrected chi connectivity index (χ4v) is 2.24. The zero-order valence-corrected chi connectivity index (χ0v) is 12.3. The lowest BCUT2D eigenvalue weighted by atomic mass is 9.78. The summed E-state index contributed by atoms with van der Waals surface area (Å²) in [5.74, 6) is -0.313. The number of ketones is 1. The molecule has 3 nitrogen and oxygen atoms in total. The highest BCUT2D eigenvalue weighted by atomic mass is 16.7. The molecule has 104 valence electrons. The fourth-order valence-electron chi connectivity index (χ4n) is 2.24. The molecule has 1 rings (SSSR count). The van der Waals surface area contributed by atoms with Gasteiger partial charge in [0.15, 0.2) is 5.79 Å². The predicted molar refractivity (Wildman–Crippen MR) is 72.4 cm³/mol. The average Bonchev–Trinajstić information content (AvgIpc) is 2.27. The lowest BCUT2D eigenvalue weighted by molar-refractivity contribution is -0.288. The van der Waals surface area contributed by atoms with E-state index < -0.39 is 11.2 Å². The first-order chi connectivity index (χ1) is 8.29. The molecular weight excluding hydrogens is 228 g/mol. The van der Waals surface area contributed by atoms with Crippen molar-refractivity contribution in [1.29, 1.82) is 0 Å². The highest BCUT2D eigenvalue weighted by Crippen LogP contribution is 2.35. The number of hydrogen-bond donors (Lipinski definition) is 0. The molecule has 0 radical (unpaired) electrons. The molecule has 0 N–H and O–H groups in total. The number of hydrogen-bond acceptors (Lipinski definition) is 3. The van der Waals surface area contributed by atoms with Gasteiger partial charge < -0.3 is 9.47 Å². The van der Waals surface area contributed by atoms with Gasteiger partial charge in [-0.2, -0.15) is 0 Å². The fraction of sp³-hybridized carbons (Fsp3) is 0.800. The summed E-state index contributed by atoms with van der Waals surface area (Å²) in [6, 6.07) is 0. The Kier molecular flexibility index (Phi) is 5.11.